The normalized spacial score (nSPS) is 25.4. The molecular formula is C11H18BrNO. The van der Waals surface area contributed by atoms with E-state index in [4.69, 9.17) is 0 Å². The lowest BCUT2D eigenvalue weighted by Crippen LogP contribution is -2.29. The molecule has 0 saturated carbocycles. The molecule has 0 aromatic carbocycles. The van der Waals surface area contributed by atoms with E-state index in [1.54, 1.807) is 0 Å². The summed E-state index contributed by atoms with van der Waals surface area (Å²) in [7, 11) is 0. The molecule has 0 spiro atoms. The van der Waals surface area contributed by atoms with Crippen molar-refractivity contribution in [2.24, 2.45) is 11.3 Å². The summed E-state index contributed by atoms with van der Waals surface area (Å²) in [5.74, 6) is 0.647. The van der Waals surface area contributed by atoms with Crippen LogP contribution in [0.3, 0.4) is 0 Å². The average Bonchev–Trinajstić information content (AvgIpc) is 2.27. The first kappa shape index (κ1) is 11.8. The second-order valence-electron chi connectivity index (χ2n) is 4.74. The molecule has 1 atom stereocenters. The largest absolute Gasteiger partial charge is 0.318 e. The maximum Gasteiger partial charge on any atom is 0.232 e. The van der Waals surface area contributed by atoms with Crippen molar-refractivity contribution >= 4 is 21.8 Å². The van der Waals surface area contributed by atoms with Crippen LogP contribution >= 0.6 is 15.9 Å². The lowest BCUT2D eigenvalue weighted by Gasteiger charge is -2.21. The Bertz CT molecular complexity index is 266. The highest BCUT2D eigenvalue weighted by molar-refractivity contribution is 9.09. The van der Waals surface area contributed by atoms with Crippen LogP contribution in [0.15, 0.2) is 11.8 Å². The summed E-state index contributed by atoms with van der Waals surface area (Å²) < 4.78 is 0. The molecule has 0 N–H and O–H groups in total. The number of likely N-dealkylation sites (tertiary alicyclic amines) is 1. The zero-order valence-electron chi connectivity index (χ0n) is 9.30. The van der Waals surface area contributed by atoms with Crippen molar-refractivity contribution in [3.8, 4) is 0 Å². The molecule has 0 bridgehead atoms. The van der Waals surface area contributed by atoms with Crippen LogP contribution in [0.25, 0.3) is 0 Å². The molecule has 1 heterocycles. The van der Waals surface area contributed by atoms with Gasteiger partial charge in [0.25, 0.3) is 0 Å². The number of amides is 1. The highest BCUT2D eigenvalue weighted by atomic mass is 79.9. The van der Waals surface area contributed by atoms with Gasteiger partial charge in [-0.25, -0.2) is 0 Å². The Morgan fingerprint density at radius 1 is 1.64 bits per heavy atom. The van der Waals surface area contributed by atoms with Gasteiger partial charge in [-0.3, -0.25) is 4.79 Å². The molecule has 80 valence electrons. The second kappa shape index (κ2) is 4.05. The Morgan fingerprint density at radius 3 is 2.57 bits per heavy atom. The van der Waals surface area contributed by atoms with Gasteiger partial charge in [0, 0.05) is 29.4 Å². The van der Waals surface area contributed by atoms with Gasteiger partial charge in [-0.2, -0.15) is 0 Å². The van der Waals surface area contributed by atoms with Gasteiger partial charge in [0.2, 0.25) is 5.91 Å². The Balaban J connectivity index is 2.88. The average molecular weight is 260 g/mol. The van der Waals surface area contributed by atoms with Crippen LogP contribution < -0.4 is 0 Å². The van der Waals surface area contributed by atoms with E-state index in [2.05, 4.69) is 15.9 Å². The summed E-state index contributed by atoms with van der Waals surface area (Å²) in [4.78, 5) is 13.8. The maximum absolute atomic E-state index is 12.0. The molecule has 1 aliphatic heterocycles. The summed E-state index contributed by atoms with van der Waals surface area (Å²) in [6.07, 6.45) is 1.95. The van der Waals surface area contributed by atoms with Gasteiger partial charge in [-0.1, -0.05) is 35.4 Å². The monoisotopic (exact) mass is 259 g/mol. The van der Waals surface area contributed by atoms with Gasteiger partial charge < -0.3 is 4.90 Å². The Kier molecular flexibility index (Phi) is 3.40. The molecule has 1 rings (SSSR count). The van der Waals surface area contributed by atoms with Crippen molar-refractivity contribution in [2.75, 3.05) is 11.9 Å². The minimum Gasteiger partial charge on any atom is -0.318 e. The number of rotatable bonds is 2. The first-order valence-corrected chi connectivity index (χ1v) is 6.03. The zero-order chi connectivity index (χ0) is 10.9. The summed E-state index contributed by atoms with van der Waals surface area (Å²) in [5.41, 5.74) is 0.944. The van der Waals surface area contributed by atoms with Crippen molar-refractivity contribution in [2.45, 2.75) is 27.7 Å². The number of carbonyl (C=O) groups is 1. The number of hydrogen-bond donors (Lipinski definition) is 0. The first-order chi connectivity index (χ1) is 6.39. The van der Waals surface area contributed by atoms with Gasteiger partial charge >= 0.3 is 0 Å². The smallest absolute Gasteiger partial charge is 0.232 e. The zero-order valence-corrected chi connectivity index (χ0v) is 10.9. The molecule has 0 aromatic heterocycles. The van der Waals surface area contributed by atoms with Gasteiger partial charge in [0.15, 0.2) is 0 Å². The van der Waals surface area contributed by atoms with E-state index >= 15 is 0 Å². The lowest BCUT2D eigenvalue weighted by molar-refractivity contribution is -0.133. The molecule has 0 aliphatic carbocycles. The Labute approximate surface area is 94.5 Å². The molecule has 1 fully saturated rings. The van der Waals surface area contributed by atoms with Gasteiger partial charge in [0.1, 0.15) is 0 Å². The summed E-state index contributed by atoms with van der Waals surface area (Å²) in [5, 5.41) is 0.888. The van der Waals surface area contributed by atoms with E-state index in [1.165, 1.54) is 5.57 Å². The quantitative estimate of drug-likeness (QED) is 0.699. The van der Waals surface area contributed by atoms with Crippen LogP contribution in [-0.4, -0.2) is 22.7 Å². The predicted octanol–water partition coefficient (Wildman–Crippen LogP) is 2.79. The van der Waals surface area contributed by atoms with Crippen molar-refractivity contribution < 1.29 is 4.79 Å². The number of nitrogens with zero attached hydrogens (tertiary/aromatic N) is 1. The summed E-state index contributed by atoms with van der Waals surface area (Å²) in [6.45, 7) is 8.92. The Morgan fingerprint density at radius 2 is 2.21 bits per heavy atom. The number of alkyl halides is 1. The van der Waals surface area contributed by atoms with E-state index < -0.39 is 0 Å². The fourth-order valence-corrected chi connectivity index (χ4v) is 2.77. The lowest BCUT2D eigenvalue weighted by atomic mass is 9.83. The molecule has 0 aromatic rings. The van der Waals surface area contributed by atoms with Crippen molar-refractivity contribution in [1.29, 1.82) is 0 Å². The number of halogens is 1. The van der Waals surface area contributed by atoms with Crippen LogP contribution in [0.1, 0.15) is 27.7 Å². The Hall–Kier alpha value is -0.310. The molecule has 14 heavy (non-hydrogen) atoms. The van der Waals surface area contributed by atoms with Crippen LogP contribution in [-0.2, 0) is 4.79 Å². The van der Waals surface area contributed by atoms with Crippen molar-refractivity contribution in [3.05, 3.63) is 11.8 Å². The van der Waals surface area contributed by atoms with Crippen molar-refractivity contribution in [1.82, 2.24) is 4.90 Å². The third-order valence-corrected chi connectivity index (χ3v) is 3.63. The molecule has 1 unspecified atom stereocenters. The standard InChI is InChI=1S/C11H18BrNO/c1-8(2)6-13-7-9(5-12)11(3,4)10(13)14/h6,9H,5,7H2,1-4H3. The molecular weight excluding hydrogens is 242 g/mol. The number of allylic oxidation sites excluding steroid dienone is 1. The third-order valence-electron chi connectivity index (χ3n) is 2.85. The highest BCUT2D eigenvalue weighted by Gasteiger charge is 2.45. The van der Waals surface area contributed by atoms with E-state index in [0.717, 1.165) is 11.9 Å². The van der Waals surface area contributed by atoms with E-state index in [9.17, 15) is 4.79 Å². The predicted molar refractivity (Wildman–Crippen MR) is 62.2 cm³/mol. The minimum absolute atomic E-state index is 0.227. The molecule has 1 saturated heterocycles. The SMILES string of the molecule is CC(C)=CN1CC(CBr)C(C)(C)C1=O. The molecule has 1 aliphatic rings. The van der Waals surface area contributed by atoms with Crippen LogP contribution in [0.2, 0.25) is 0 Å². The van der Waals surface area contributed by atoms with Gasteiger partial charge in [-0.05, 0) is 13.8 Å². The van der Waals surface area contributed by atoms with Crippen LogP contribution in [0, 0.1) is 11.3 Å². The topological polar surface area (TPSA) is 20.3 Å². The fourth-order valence-electron chi connectivity index (χ4n) is 1.76. The second-order valence-corrected chi connectivity index (χ2v) is 5.38. The van der Waals surface area contributed by atoms with Crippen LogP contribution in [0.5, 0.6) is 0 Å². The van der Waals surface area contributed by atoms with Crippen molar-refractivity contribution in [3.63, 3.8) is 0 Å². The molecule has 0 radical (unpaired) electrons. The summed E-state index contributed by atoms with van der Waals surface area (Å²) in [6, 6.07) is 0. The number of carbonyl (C=O) groups excluding carboxylic acids is 1. The third kappa shape index (κ3) is 2.02. The summed E-state index contributed by atoms with van der Waals surface area (Å²) >= 11 is 3.47. The minimum atomic E-state index is -0.227. The number of hydrogen-bond acceptors (Lipinski definition) is 1. The highest BCUT2D eigenvalue weighted by Crippen LogP contribution is 2.37. The first-order valence-electron chi connectivity index (χ1n) is 4.91. The van der Waals surface area contributed by atoms with Crippen LogP contribution in [0.4, 0.5) is 0 Å². The van der Waals surface area contributed by atoms with E-state index in [0.29, 0.717) is 5.92 Å². The fraction of sp³-hybridized carbons (Fsp3) is 0.727. The molecule has 1 amide bonds. The van der Waals surface area contributed by atoms with Gasteiger partial charge in [0.05, 0.1) is 0 Å². The van der Waals surface area contributed by atoms with E-state index in [1.807, 2.05) is 38.8 Å². The molecule has 3 heteroatoms. The van der Waals surface area contributed by atoms with Gasteiger partial charge in [-0.15, -0.1) is 0 Å². The molecule has 2 nitrogen and oxygen atoms in total. The maximum atomic E-state index is 12.0. The van der Waals surface area contributed by atoms with E-state index in [-0.39, 0.29) is 11.3 Å².